The Kier molecular flexibility index (Phi) is 5.71. The number of hydrogen-bond donors (Lipinski definition) is 1. The Morgan fingerprint density at radius 3 is 2.25 bits per heavy atom. The fourth-order valence-electron chi connectivity index (χ4n) is 1.56. The van der Waals surface area contributed by atoms with Crippen molar-refractivity contribution >= 4 is 15.9 Å². The van der Waals surface area contributed by atoms with Crippen LogP contribution in [0.1, 0.15) is 37.6 Å². The van der Waals surface area contributed by atoms with Crippen molar-refractivity contribution in [2.24, 2.45) is 0 Å². The molecule has 0 bridgehead atoms. The second-order valence-electron chi connectivity index (χ2n) is 4.77. The van der Waals surface area contributed by atoms with E-state index >= 15 is 0 Å². The first-order chi connectivity index (χ1) is 9.31. The molecule has 1 rings (SSSR count). The van der Waals surface area contributed by atoms with E-state index in [0.29, 0.717) is 12.1 Å². The van der Waals surface area contributed by atoms with Gasteiger partial charge in [-0.25, -0.2) is 13.1 Å². The van der Waals surface area contributed by atoms with Gasteiger partial charge in [-0.15, -0.1) is 0 Å². The van der Waals surface area contributed by atoms with E-state index in [1.807, 2.05) is 20.8 Å². The number of carbonyl (C=O) groups is 1. The van der Waals surface area contributed by atoms with Crippen molar-refractivity contribution in [1.82, 2.24) is 9.62 Å². The van der Waals surface area contributed by atoms with Crippen molar-refractivity contribution in [3.8, 4) is 0 Å². The van der Waals surface area contributed by atoms with Crippen LogP contribution >= 0.6 is 0 Å². The molecule has 0 radical (unpaired) electrons. The fourth-order valence-corrected chi connectivity index (χ4v) is 2.88. The molecule has 0 saturated carbocycles. The van der Waals surface area contributed by atoms with Crippen LogP contribution in [0.25, 0.3) is 0 Å². The van der Waals surface area contributed by atoms with Gasteiger partial charge in [0.05, 0.1) is 4.90 Å². The van der Waals surface area contributed by atoms with Gasteiger partial charge in [0.1, 0.15) is 0 Å². The summed E-state index contributed by atoms with van der Waals surface area (Å²) in [6, 6.07) is 5.88. The van der Waals surface area contributed by atoms with Gasteiger partial charge in [-0.3, -0.25) is 4.79 Å². The van der Waals surface area contributed by atoms with Crippen LogP contribution < -0.4 is 4.72 Å². The number of sulfonamides is 1. The van der Waals surface area contributed by atoms with Crippen molar-refractivity contribution in [2.75, 3.05) is 13.6 Å². The molecule has 1 N–H and O–H groups in total. The van der Waals surface area contributed by atoms with Crippen LogP contribution in [0, 0.1) is 0 Å². The van der Waals surface area contributed by atoms with Gasteiger partial charge < -0.3 is 4.90 Å². The highest BCUT2D eigenvalue weighted by Crippen LogP contribution is 2.12. The van der Waals surface area contributed by atoms with Crippen LogP contribution in [0.4, 0.5) is 0 Å². The summed E-state index contributed by atoms with van der Waals surface area (Å²) in [7, 11) is -1.81. The number of nitrogens with zero attached hydrogens (tertiary/aromatic N) is 1. The van der Waals surface area contributed by atoms with Crippen molar-refractivity contribution < 1.29 is 13.2 Å². The zero-order valence-corrected chi connectivity index (χ0v) is 13.2. The smallest absolute Gasteiger partial charge is 0.253 e. The molecule has 0 aliphatic carbocycles. The number of hydrogen-bond acceptors (Lipinski definition) is 3. The number of rotatable bonds is 6. The Morgan fingerprint density at radius 2 is 1.80 bits per heavy atom. The second kappa shape index (κ2) is 6.85. The molecule has 1 aromatic rings. The first-order valence-corrected chi connectivity index (χ1v) is 8.18. The van der Waals surface area contributed by atoms with Crippen molar-refractivity contribution in [1.29, 1.82) is 0 Å². The SMILES string of the molecule is CCC(C)NS(=O)(=O)c1ccc(C(=O)N(C)CC)cc1. The van der Waals surface area contributed by atoms with Gasteiger partial charge in [0.25, 0.3) is 5.91 Å². The molecule has 1 unspecified atom stereocenters. The Morgan fingerprint density at radius 1 is 1.25 bits per heavy atom. The average molecular weight is 298 g/mol. The number of amides is 1. The molecule has 0 saturated heterocycles. The van der Waals surface area contributed by atoms with E-state index in [4.69, 9.17) is 0 Å². The molecule has 5 nitrogen and oxygen atoms in total. The van der Waals surface area contributed by atoms with Crippen molar-refractivity contribution in [3.05, 3.63) is 29.8 Å². The van der Waals surface area contributed by atoms with E-state index in [2.05, 4.69) is 4.72 Å². The lowest BCUT2D eigenvalue weighted by molar-refractivity contribution is 0.0802. The van der Waals surface area contributed by atoms with E-state index in [-0.39, 0.29) is 16.8 Å². The molecule has 20 heavy (non-hydrogen) atoms. The van der Waals surface area contributed by atoms with E-state index < -0.39 is 10.0 Å². The number of nitrogens with one attached hydrogen (secondary N) is 1. The largest absolute Gasteiger partial charge is 0.342 e. The molecule has 0 heterocycles. The van der Waals surface area contributed by atoms with Gasteiger partial charge >= 0.3 is 0 Å². The summed E-state index contributed by atoms with van der Waals surface area (Å²) in [6.45, 7) is 6.21. The molecule has 112 valence electrons. The summed E-state index contributed by atoms with van der Waals surface area (Å²) in [5.41, 5.74) is 0.483. The van der Waals surface area contributed by atoms with Crippen LogP contribution in [-0.4, -0.2) is 38.9 Å². The third-order valence-corrected chi connectivity index (χ3v) is 4.81. The average Bonchev–Trinajstić information content (AvgIpc) is 2.45. The third kappa shape index (κ3) is 4.05. The quantitative estimate of drug-likeness (QED) is 0.871. The topological polar surface area (TPSA) is 66.5 Å². The summed E-state index contributed by atoms with van der Waals surface area (Å²) >= 11 is 0. The lowest BCUT2D eigenvalue weighted by atomic mass is 10.2. The first-order valence-electron chi connectivity index (χ1n) is 6.69. The Bertz CT molecular complexity index is 552. The maximum Gasteiger partial charge on any atom is 0.253 e. The van der Waals surface area contributed by atoms with Crippen LogP contribution in [0.5, 0.6) is 0 Å². The highest BCUT2D eigenvalue weighted by atomic mass is 32.2. The summed E-state index contributed by atoms with van der Waals surface area (Å²) in [4.78, 5) is 13.7. The standard InChI is InChI=1S/C14H22N2O3S/c1-5-11(3)15-20(18,19)13-9-7-12(8-10-13)14(17)16(4)6-2/h7-11,15H,5-6H2,1-4H3. The molecule has 1 atom stereocenters. The maximum atomic E-state index is 12.1. The van der Waals surface area contributed by atoms with Crippen molar-refractivity contribution in [3.63, 3.8) is 0 Å². The molecule has 0 fully saturated rings. The van der Waals surface area contributed by atoms with Crippen molar-refractivity contribution in [2.45, 2.75) is 38.1 Å². The van der Waals surface area contributed by atoms with Gasteiger partial charge in [0.15, 0.2) is 0 Å². The first kappa shape index (κ1) is 16.7. The van der Waals surface area contributed by atoms with Crippen LogP contribution in [0.3, 0.4) is 0 Å². The molecular weight excluding hydrogens is 276 g/mol. The van der Waals surface area contributed by atoms with Gasteiger partial charge in [-0.1, -0.05) is 6.92 Å². The van der Waals surface area contributed by atoms with Crippen LogP contribution in [0.15, 0.2) is 29.2 Å². The highest BCUT2D eigenvalue weighted by Gasteiger charge is 2.17. The molecule has 0 spiro atoms. The molecule has 1 aromatic carbocycles. The van der Waals surface area contributed by atoms with Gasteiger partial charge in [0.2, 0.25) is 10.0 Å². The molecule has 1 amide bonds. The molecule has 6 heteroatoms. The summed E-state index contributed by atoms with van der Waals surface area (Å²) in [5.74, 6) is -0.119. The van der Waals surface area contributed by atoms with Gasteiger partial charge in [-0.05, 0) is 44.5 Å². The summed E-state index contributed by atoms with van der Waals surface area (Å²) in [5, 5.41) is 0. The van der Waals surface area contributed by atoms with E-state index in [1.54, 1.807) is 24.1 Å². The Hall–Kier alpha value is -1.40. The Labute approximate surface area is 121 Å². The fraction of sp³-hybridized carbons (Fsp3) is 0.500. The minimum absolute atomic E-state index is 0.118. The van der Waals surface area contributed by atoms with Crippen LogP contribution in [-0.2, 0) is 10.0 Å². The lowest BCUT2D eigenvalue weighted by Gasteiger charge is -2.15. The predicted molar refractivity (Wildman–Crippen MR) is 79.2 cm³/mol. The molecular formula is C14H22N2O3S. The normalized spacial score (nSPS) is 13.0. The van der Waals surface area contributed by atoms with Gasteiger partial charge in [0, 0.05) is 25.2 Å². The van der Waals surface area contributed by atoms with Crippen LogP contribution in [0.2, 0.25) is 0 Å². The van der Waals surface area contributed by atoms with E-state index in [9.17, 15) is 13.2 Å². The minimum atomic E-state index is -3.51. The lowest BCUT2D eigenvalue weighted by Crippen LogP contribution is -2.32. The number of carbonyl (C=O) groups excluding carboxylic acids is 1. The molecule has 0 aliphatic heterocycles. The second-order valence-corrected chi connectivity index (χ2v) is 6.49. The summed E-state index contributed by atoms with van der Waals surface area (Å²) < 4.78 is 26.7. The maximum absolute atomic E-state index is 12.1. The molecule has 0 aliphatic rings. The monoisotopic (exact) mass is 298 g/mol. The number of benzene rings is 1. The highest BCUT2D eigenvalue weighted by molar-refractivity contribution is 7.89. The molecule has 0 aromatic heterocycles. The third-order valence-electron chi connectivity index (χ3n) is 3.20. The van der Waals surface area contributed by atoms with E-state index in [0.717, 1.165) is 6.42 Å². The van der Waals surface area contributed by atoms with Gasteiger partial charge in [-0.2, -0.15) is 0 Å². The zero-order valence-electron chi connectivity index (χ0n) is 12.4. The summed E-state index contributed by atoms with van der Waals surface area (Å²) in [6.07, 6.45) is 0.719. The predicted octanol–water partition coefficient (Wildman–Crippen LogP) is 1.86. The Balaban J connectivity index is 2.94. The zero-order chi connectivity index (χ0) is 15.3. The van der Waals surface area contributed by atoms with E-state index in [1.165, 1.54) is 12.1 Å². The minimum Gasteiger partial charge on any atom is -0.342 e.